The third-order valence-electron chi connectivity index (χ3n) is 3.15. The number of aromatic nitrogens is 1. The van der Waals surface area contributed by atoms with Crippen LogP contribution in [0.3, 0.4) is 0 Å². The summed E-state index contributed by atoms with van der Waals surface area (Å²) in [6.45, 7) is 1.09. The minimum absolute atomic E-state index is 0.0435. The molecule has 4 rings (SSSR count). The number of nitrogens with zero attached hydrogens (tertiary/aromatic N) is 1. The van der Waals surface area contributed by atoms with Gasteiger partial charge in [-0.1, -0.05) is 0 Å². The fourth-order valence-corrected chi connectivity index (χ4v) is 2.37. The fourth-order valence-electron chi connectivity index (χ4n) is 2.37. The predicted octanol–water partition coefficient (Wildman–Crippen LogP) is 1.79. The molecule has 4 heteroatoms. The number of benzene rings is 1. The van der Waals surface area contributed by atoms with Gasteiger partial charge in [0.25, 0.3) is 0 Å². The van der Waals surface area contributed by atoms with E-state index in [1.807, 2.05) is 29.0 Å². The zero-order valence-corrected chi connectivity index (χ0v) is 8.97. The Labute approximate surface area is 97.4 Å². The van der Waals surface area contributed by atoms with Gasteiger partial charge < -0.3 is 14.0 Å². The molecule has 2 aromatic rings. The maximum atomic E-state index is 12.1. The molecular weight excluding hydrogens is 218 g/mol. The summed E-state index contributed by atoms with van der Waals surface area (Å²) < 4.78 is 12.9. The van der Waals surface area contributed by atoms with E-state index in [2.05, 4.69) is 0 Å². The molecule has 0 saturated heterocycles. The van der Waals surface area contributed by atoms with Crippen LogP contribution in [0.15, 0.2) is 30.5 Å². The third-order valence-corrected chi connectivity index (χ3v) is 3.15. The van der Waals surface area contributed by atoms with Gasteiger partial charge >= 0.3 is 0 Å². The van der Waals surface area contributed by atoms with E-state index >= 15 is 0 Å². The van der Waals surface area contributed by atoms with Crippen molar-refractivity contribution in [2.24, 2.45) is 0 Å². The largest absolute Gasteiger partial charge is 0.486 e. The second-order valence-corrected chi connectivity index (χ2v) is 4.11. The molecule has 0 unspecified atom stereocenters. The minimum atomic E-state index is 0.0435. The van der Waals surface area contributed by atoms with Crippen molar-refractivity contribution in [1.29, 1.82) is 0 Å². The van der Waals surface area contributed by atoms with Crippen molar-refractivity contribution in [2.75, 3.05) is 13.2 Å². The van der Waals surface area contributed by atoms with E-state index < -0.39 is 0 Å². The van der Waals surface area contributed by atoms with Crippen molar-refractivity contribution in [2.45, 2.75) is 0 Å². The van der Waals surface area contributed by atoms with Crippen LogP contribution in [0.1, 0.15) is 16.1 Å². The van der Waals surface area contributed by atoms with Gasteiger partial charge in [0.05, 0.1) is 16.9 Å². The van der Waals surface area contributed by atoms with Crippen LogP contribution in [0.5, 0.6) is 11.5 Å². The molecule has 0 spiro atoms. The van der Waals surface area contributed by atoms with E-state index in [-0.39, 0.29) is 5.78 Å². The molecule has 2 aliphatic rings. The van der Waals surface area contributed by atoms with Crippen molar-refractivity contribution >= 4 is 5.78 Å². The molecule has 1 aromatic carbocycles. The first-order valence-corrected chi connectivity index (χ1v) is 5.51. The molecule has 0 saturated carbocycles. The van der Waals surface area contributed by atoms with Crippen LogP contribution in [0, 0.1) is 0 Å². The van der Waals surface area contributed by atoms with Crippen LogP contribution >= 0.6 is 0 Å². The predicted molar refractivity (Wildman–Crippen MR) is 60.2 cm³/mol. The Hall–Kier alpha value is -2.23. The van der Waals surface area contributed by atoms with Gasteiger partial charge in [-0.2, -0.15) is 0 Å². The molecule has 17 heavy (non-hydrogen) atoms. The number of rotatable bonds is 0. The van der Waals surface area contributed by atoms with Crippen LogP contribution in [0.2, 0.25) is 0 Å². The molecular formula is C13H9NO3. The van der Waals surface area contributed by atoms with Crippen LogP contribution < -0.4 is 9.47 Å². The summed E-state index contributed by atoms with van der Waals surface area (Å²) in [5.74, 6) is 1.42. The first kappa shape index (κ1) is 8.87. The maximum Gasteiger partial charge on any atom is 0.211 e. The molecule has 0 radical (unpaired) electrons. The van der Waals surface area contributed by atoms with E-state index in [1.165, 1.54) is 0 Å². The highest BCUT2D eigenvalue weighted by Crippen LogP contribution is 2.38. The quantitative estimate of drug-likeness (QED) is 0.588. The van der Waals surface area contributed by atoms with Crippen molar-refractivity contribution in [3.05, 3.63) is 41.7 Å². The van der Waals surface area contributed by atoms with Crippen molar-refractivity contribution in [1.82, 2.24) is 4.57 Å². The van der Waals surface area contributed by atoms with Gasteiger partial charge in [-0.05, 0) is 18.2 Å². The Morgan fingerprint density at radius 3 is 2.71 bits per heavy atom. The number of hydrogen-bond acceptors (Lipinski definition) is 3. The molecule has 84 valence electrons. The monoisotopic (exact) mass is 227 g/mol. The topological polar surface area (TPSA) is 40.5 Å². The smallest absolute Gasteiger partial charge is 0.211 e. The Kier molecular flexibility index (Phi) is 1.52. The van der Waals surface area contributed by atoms with Gasteiger partial charge in [-0.15, -0.1) is 0 Å². The number of ketones is 1. The number of ether oxygens (including phenoxy) is 2. The zero-order valence-electron chi connectivity index (χ0n) is 8.97. The minimum Gasteiger partial charge on any atom is -0.486 e. The van der Waals surface area contributed by atoms with Crippen molar-refractivity contribution in [3.63, 3.8) is 0 Å². The summed E-state index contributed by atoms with van der Waals surface area (Å²) in [7, 11) is 0. The Morgan fingerprint density at radius 1 is 1.12 bits per heavy atom. The lowest BCUT2D eigenvalue weighted by Crippen LogP contribution is -2.15. The third kappa shape index (κ3) is 1.04. The average Bonchev–Trinajstić information content (AvgIpc) is 2.92. The van der Waals surface area contributed by atoms with Crippen LogP contribution in [0.25, 0.3) is 5.69 Å². The standard InChI is InChI=1S/C13H9NO3/c15-13-8-6-11-12(17-5-4-16-11)7-10(8)14-3-1-2-9(13)14/h1-3,6-7H,4-5H2. The van der Waals surface area contributed by atoms with Crippen LogP contribution in [0.4, 0.5) is 0 Å². The Morgan fingerprint density at radius 2 is 1.88 bits per heavy atom. The van der Waals surface area contributed by atoms with E-state index in [1.54, 1.807) is 6.07 Å². The summed E-state index contributed by atoms with van der Waals surface area (Å²) >= 11 is 0. The summed E-state index contributed by atoms with van der Waals surface area (Å²) in [5, 5.41) is 0. The van der Waals surface area contributed by atoms with E-state index in [0.29, 0.717) is 36.0 Å². The number of carbonyl (C=O) groups is 1. The Balaban J connectivity index is 2.00. The number of fused-ring (bicyclic) bond motifs is 4. The molecule has 3 heterocycles. The highest BCUT2D eigenvalue weighted by Gasteiger charge is 2.29. The first-order valence-electron chi connectivity index (χ1n) is 5.51. The highest BCUT2D eigenvalue weighted by molar-refractivity contribution is 6.14. The zero-order chi connectivity index (χ0) is 11.4. The van der Waals surface area contributed by atoms with E-state index in [4.69, 9.17) is 9.47 Å². The molecule has 2 aliphatic heterocycles. The molecule has 0 N–H and O–H groups in total. The Bertz CT molecular complexity index is 642. The molecule has 0 fully saturated rings. The second-order valence-electron chi connectivity index (χ2n) is 4.11. The van der Waals surface area contributed by atoms with E-state index in [0.717, 1.165) is 5.69 Å². The number of carbonyl (C=O) groups excluding carboxylic acids is 1. The van der Waals surface area contributed by atoms with Gasteiger partial charge in [0.15, 0.2) is 11.5 Å². The van der Waals surface area contributed by atoms with Gasteiger partial charge in [0.2, 0.25) is 5.78 Å². The summed E-state index contributed by atoms with van der Waals surface area (Å²) in [6.07, 6.45) is 1.88. The van der Waals surface area contributed by atoms with Gasteiger partial charge in [-0.3, -0.25) is 4.79 Å². The van der Waals surface area contributed by atoms with Crippen LogP contribution in [-0.4, -0.2) is 23.6 Å². The van der Waals surface area contributed by atoms with Crippen LogP contribution in [-0.2, 0) is 0 Å². The van der Waals surface area contributed by atoms with Crippen molar-refractivity contribution in [3.8, 4) is 17.2 Å². The second kappa shape index (κ2) is 2.91. The summed E-state index contributed by atoms with van der Waals surface area (Å²) in [5.41, 5.74) is 2.26. The van der Waals surface area contributed by atoms with Crippen molar-refractivity contribution < 1.29 is 14.3 Å². The average molecular weight is 227 g/mol. The summed E-state index contributed by atoms with van der Waals surface area (Å²) in [6, 6.07) is 7.34. The molecule has 0 amide bonds. The lowest BCUT2D eigenvalue weighted by Gasteiger charge is -2.19. The maximum absolute atomic E-state index is 12.1. The lowest BCUT2D eigenvalue weighted by molar-refractivity contribution is 0.103. The normalized spacial score (nSPS) is 15.6. The fraction of sp³-hybridized carbons (Fsp3) is 0.154. The van der Waals surface area contributed by atoms with Gasteiger partial charge in [-0.25, -0.2) is 0 Å². The first-order chi connectivity index (χ1) is 8.34. The number of hydrogen-bond donors (Lipinski definition) is 0. The molecule has 0 aliphatic carbocycles. The van der Waals surface area contributed by atoms with Gasteiger partial charge in [0, 0.05) is 12.3 Å². The molecule has 1 aromatic heterocycles. The van der Waals surface area contributed by atoms with E-state index in [9.17, 15) is 4.79 Å². The lowest BCUT2D eigenvalue weighted by atomic mass is 10.1. The molecule has 4 nitrogen and oxygen atoms in total. The van der Waals surface area contributed by atoms with Gasteiger partial charge in [0.1, 0.15) is 13.2 Å². The highest BCUT2D eigenvalue weighted by atomic mass is 16.6. The SMILES string of the molecule is O=C1c2cc3c(cc2-n2cccc21)OCCO3. The molecule has 0 atom stereocenters. The summed E-state index contributed by atoms with van der Waals surface area (Å²) in [4.78, 5) is 12.1. The molecule has 0 bridgehead atoms.